The van der Waals surface area contributed by atoms with E-state index in [0.29, 0.717) is 30.2 Å². The summed E-state index contributed by atoms with van der Waals surface area (Å²) < 4.78 is 5.33. The second kappa shape index (κ2) is 4.41. The molecule has 0 bridgehead atoms. The lowest BCUT2D eigenvalue weighted by molar-refractivity contribution is -0.122. The van der Waals surface area contributed by atoms with Crippen LogP contribution in [0.15, 0.2) is 0 Å². The van der Waals surface area contributed by atoms with Crippen LogP contribution in [0.25, 0.3) is 0 Å². The van der Waals surface area contributed by atoms with Crippen molar-refractivity contribution in [2.24, 2.45) is 5.92 Å². The lowest BCUT2D eigenvalue weighted by Crippen LogP contribution is -2.49. The van der Waals surface area contributed by atoms with Gasteiger partial charge in [0, 0.05) is 38.1 Å². The molecule has 0 aromatic heterocycles. The number of nitrogens with one attached hydrogen (secondary N) is 1. The van der Waals surface area contributed by atoms with Gasteiger partial charge in [-0.25, -0.2) is 0 Å². The first kappa shape index (κ1) is 10.1. The first-order valence-corrected chi connectivity index (χ1v) is 5.61. The third-order valence-corrected chi connectivity index (χ3v) is 3.32. The summed E-state index contributed by atoms with van der Waals surface area (Å²) in [5.41, 5.74) is 0. The summed E-state index contributed by atoms with van der Waals surface area (Å²) in [5, 5.41) is 3.54. The average Bonchev–Trinajstić information content (AvgIpc) is 2.18. The minimum Gasteiger partial charge on any atom is -0.381 e. The highest BCUT2D eigenvalue weighted by Gasteiger charge is 2.30. The summed E-state index contributed by atoms with van der Waals surface area (Å²) in [5.74, 6) is 1.07. The average molecular weight is 197 g/mol. The highest BCUT2D eigenvalue weighted by Crippen LogP contribution is 2.24. The molecule has 2 saturated heterocycles. The van der Waals surface area contributed by atoms with E-state index in [0.717, 1.165) is 32.5 Å². The molecule has 2 aliphatic rings. The van der Waals surface area contributed by atoms with Crippen molar-refractivity contribution in [3.05, 3.63) is 0 Å². The summed E-state index contributed by atoms with van der Waals surface area (Å²) in [4.78, 5) is 11.5. The molecule has 2 heterocycles. The van der Waals surface area contributed by atoms with Crippen LogP contribution in [0.1, 0.15) is 32.6 Å². The molecular weight excluding hydrogens is 178 g/mol. The van der Waals surface area contributed by atoms with Gasteiger partial charge in [0.05, 0.1) is 0 Å². The number of Topliss-reactive ketones (excluding diaryl/α,β-unsaturated/α-hetero) is 1. The summed E-state index contributed by atoms with van der Waals surface area (Å²) in [6, 6.07) is 0.777. The Kier molecular flexibility index (Phi) is 3.19. The van der Waals surface area contributed by atoms with E-state index in [1.165, 1.54) is 0 Å². The quantitative estimate of drug-likeness (QED) is 0.684. The molecule has 2 unspecified atom stereocenters. The first-order valence-electron chi connectivity index (χ1n) is 5.61. The Balaban J connectivity index is 1.91. The highest BCUT2D eigenvalue weighted by atomic mass is 16.5. The molecule has 0 aliphatic carbocycles. The largest absolute Gasteiger partial charge is 0.381 e. The van der Waals surface area contributed by atoms with Gasteiger partial charge in [-0.3, -0.25) is 4.79 Å². The summed E-state index contributed by atoms with van der Waals surface area (Å²) >= 11 is 0. The van der Waals surface area contributed by atoms with E-state index in [1.807, 2.05) is 0 Å². The molecule has 0 aromatic carbocycles. The van der Waals surface area contributed by atoms with Gasteiger partial charge in [-0.1, -0.05) is 0 Å². The summed E-state index contributed by atoms with van der Waals surface area (Å²) in [7, 11) is 0. The molecule has 2 aliphatic heterocycles. The Morgan fingerprint density at radius 2 is 2.00 bits per heavy atom. The zero-order valence-electron chi connectivity index (χ0n) is 8.79. The Morgan fingerprint density at radius 3 is 2.64 bits per heavy atom. The molecule has 0 radical (unpaired) electrons. The Bertz CT molecular complexity index is 211. The van der Waals surface area contributed by atoms with Crippen molar-refractivity contribution in [1.82, 2.24) is 5.32 Å². The third-order valence-electron chi connectivity index (χ3n) is 3.32. The maximum Gasteiger partial charge on any atom is 0.136 e. The molecule has 0 spiro atoms. The maximum absolute atomic E-state index is 11.5. The number of ether oxygens (including phenoxy) is 1. The van der Waals surface area contributed by atoms with Crippen molar-refractivity contribution in [2.45, 2.75) is 44.7 Å². The van der Waals surface area contributed by atoms with Gasteiger partial charge in [0.1, 0.15) is 5.78 Å². The number of ketones is 1. The molecule has 0 amide bonds. The van der Waals surface area contributed by atoms with Gasteiger partial charge in [0.2, 0.25) is 0 Å². The monoisotopic (exact) mass is 197 g/mol. The molecule has 2 fully saturated rings. The van der Waals surface area contributed by atoms with E-state index in [2.05, 4.69) is 12.2 Å². The lowest BCUT2D eigenvalue weighted by Gasteiger charge is -2.35. The molecule has 80 valence electrons. The van der Waals surface area contributed by atoms with Crippen molar-refractivity contribution < 1.29 is 9.53 Å². The van der Waals surface area contributed by atoms with Gasteiger partial charge >= 0.3 is 0 Å². The van der Waals surface area contributed by atoms with Crippen LogP contribution in [0, 0.1) is 5.92 Å². The molecular formula is C11H19NO2. The number of hydrogen-bond donors (Lipinski definition) is 1. The maximum atomic E-state index is 11.5. The standard InChI is InChI=1S/C11H19NO2/c1-8-6-10(13)7-11(12-8)9-2-4-14-5-3-9/h8-9,11-12H,2-7H2,1H3. The molecule has 0 saturated carbocycles. The number of carbonyl (C=O) groups excluding carboxylic acids is 1. The van der Waals surface area contributed by atoms with Crippen molar-refractivity contribution in [3.8, 4) is 0 Å². The Morgan fingerprint density at radius 1 is 1.29 bits per heavy atom. The van der Waals surface area contributed by atoms with E-state index in [4.69, 9.17) is 4.74 Å². The summed E-state index contributed by atoms with van der Waals surface area (Å²) in [6.07, 6.45) is 3.66. The topological polar surface area (TPSA) is 38.3 Å². The number of piperidine rings is 1. The van der Waals surface area contributed by atoms with Crippen LogP contribution >= 0.6 is 0 Å². The van der Waals surface area contributed by atoms with Crippen molar-refractivity contribution in [2.75, 3.05) is 13.2 Å². The molecule has 3 heteroatoms. The predicted octanol–water partition coefficient (Wildman–Crippen LogP) is 1.12. The Labute approximate surface area is 85.2 Å². The molecule has 1 N–H and O–H groups in total. The SMILES string of the molecule is CC1CC(=O)CC(C2CCOCC2)N1. The van der Waals surface area contributed by atoms with Crippen LogP contribution in [0.2, 0.25) is 0 Å². The van der Waals surface area contributed by atoms with Crippen LogP contribution in [0.3, 0.4) is 0 Å². The van der Waals surface area contributed by atoms with E-state index in [-0.39, 0.29) is 0 Å². The molecule has 14 heavy (non-hydrogen) atoms. The normalized spacial score (nSPS) is 35.9. The third kappa shape index (κ3) is 2.34. The van der Waals surface area contributed by atoms with Gasteiger partial charge < -0.3 is 10.1 Å². The van der Waals surface area contributed by atoms with Gasteiger partial charge in [0.15, 0.2) is 0 Å². The summed E-state index contributed by atoms with van der Waals surface area (Å²) in [6.45, 7) is 3.83. The van der Waals surface area contributed by atoms with Gasteiger partial charge in [0.25, 0.3) is 0 Å². The first-order chi connectivity index (χ1) is 6.75. The van der Waals surface area contributed by atoms with Gasteiger partial charge in [-0.2, -0.15) is 0 Å². The number of rotatable bonds is 1. The molecule has 0 aromatic rings. The van der Waals surface area contributed by atoms with E-state index < -0.39 is 0 Å². The van der Waals surface area contributed by atoms with Crippen LogP contribution in [-0.4, -0.2) is 31.1 Å². The lowest BCUT2D eigenvalue weighted by atomic mass is 9.84. The van der Waals surface area contributed by atoms with Crippen molar-refractivity contribution in [3.63, 3.8) is 0 Å². The zero-order chi connectivity index (χ0) is 9.97. The van der Waals surface area contributed by atoms with Crippen molar-refractivity contribution >= 4 is 5.78 Å². The molecule has 2 atom stereocenters. The second-order valence-corrected chi connectivity index (χ2v) is 4.57. The fraction of sp³-hybridized carbons (Fsp3) is 0.909. The zero-order valence-corrected chi connectivity index (χ0v) is 8.79. The number of carbonyl (C=O) groups is 1. The van der Waals surface area contributed by atoms with Crippen LogP contribution in [0.4, 0.5) is 0 Å². The van der Waals surface area contributed by atoms with E-state index in [9.17, 15) is 4.79 Å². The minimum absolute atomic E-state index is 0.365. The van der Waals surface area contributed by atoms with Gasteiger partial charge in [-0.05, 0) is 25.7 Å². The predicted molar refractivity (Wildman–Crippen MR) is 54.2 cm³/mol. The second-order valence-electron chi connectivity index (χ2n) is 4.57. The smallest absolute Gasteiger partial charge is 0.136 e. The van der Waals surface area contributed by atoms with E-state index in [1.54, 1.807) is 0 Å². The van der Waals surface area contributed by atoms with Gasteiger partial charge in [-0.15, -0.1) is 0 Å². The Hall–Kier alpha value is -0.410. The van der Waals surface area contributed by atoms with Crippen LogP contribution in [0.5, 0.6) is 0 Å². The number of hydrogen-bond acceptors (Lipinski definition) is 3. The molecule has 3 nitrogen and oxygen atoms in total. The van der Waals surface area contributed by atoms with Crippen LogP contribution < -0.4 is 5.32 Å². The fourth-order valence-corrected chi connectivity index (χ4v) is 2.57. The molecule has 2 rings (SSSR count). The van der Waals surface area contributed by atoms with E-state index >= 15 is 0 Å². The van der Waals surface area contributed by atoms with Crippen LogP contribution in [-0.2, 0) is 9.53 Å². The minimum atomic E-state index is 0.365. The fourth-order valence-electron chi connectivity index (χ4n) is 2.57. The van der Waals surface area contributed by atoms with Crippen molar-refractivity contribution in [1.29, 1.82) is 0 Å². The highest BCUT2D eigenvalue weighted by molar-refractivity contribution is 5.80.